The highest BCUT2D eigenvalue weighted by atomic mass is 16.5. The molecule has 0 bridgehead atoms. The summed E-state index contributed by atoms with van der Waals surface area (Å²) in [5, 5.41) is 6.18. The zero-order valence-corrected chi connectivity index (χ0v) is 13.3. The molecule has 2 N–H and O–H groups in total. The summed E-state index contributed by atoms with van der Waals surface area (Å²) < 4.78 is 5.31. The number of amides is 1. The first kappa shape index (κ1) is 15.9. The molecule has 0 spiro atoms. The Labute approximate surface area is 131 Å². The van der Waals surface area contributed by atoms with Crippen molar-refractivity contribution in [2.45, 2.75) is 20.3 Å². The number of hydrogen-bond donors (Lipinski definition) is 2. The maximum Gasteiger partial charge on any atom is 0.226 e. The van der Waals surface area contributed by atoms with Crippen LogP contribution in [-0.2, 0) is 4.79 Å². The number of methoxy groups -OCH3 is 1. The number of hydrogen-bond acceptors (Lipinski definition) is 3. The van der Waals surface area contributed by atoms with Crippen LogP contribution in [0.4, 0.5) is 11.4 Å². The van der Waals surface area contributed by atoms with Crippen molar-refractivity contribution in [3.63, 3.8) is 0 Å². The van der Waals surface area contributed by atoms with Gasteiger partial charge in [0.15, 0.2) is 0 Å². The van der Waals surface area contributed by atoms with E-state index in [9.17, 15) is 4.79 Å². The fourth-order valence-electron chi connectivity index (χ4n) is 2.20. The molecule has 0 aliphatic carbocycles. The highest BCUT2D eigenvalue weighted by Crippen LogP contribution is 2.25. The lowest BCUT2D eigenvalue weighted by atomic mass is 10.2. The van der Waals surface area contributed by atoms with Crippen LogP contribution in [0.25, 0.3) is 0 Å². The second-order valence-electron chi connectivity index (χ2n) is 5.24. The fraction of sp³-hybridized carbons (Fsp3) is 0.278. The van der Waals surface area contributed by atoms with E-state index in [2.05, 4.69) is 10.6 Å². The van der Waals surface area contributed by atoms with Gasteiger partial charge in [0.2, 0.25) is 5.91 Å². The number of rotatable bonds is 6. The molecule has 22 heavy (non-hydrogen) atoms. The average molecular weight is 298 g/mol. The number of carbonyl (C=O) groups excluding carboxylic acids is 1. The van der Waals surface area contributed by atoms with Gasteiger partial charge in [-0.1, -0.05) is 24.3 Å². The predicted molar refractivity (Wildman–Crippen MR) is 90.6 cm³/mol. The Morgan fingerprint density at radius 2 is 1.86 bits per heavy atom. The SMILES string of the molecule is COc1ccc(C)cc1NCCC(=O)Nc1ccccc1C. The summed E-state index contributed by atoms with van der Waals surface area (Å²) in [4.78, 5) is 12.0. The molecule has 2 aromatic carbocycles. The predicted octanol–water partition coefficient (Wildman–Crippen LogP) is 3.75. The summed E-state index contributed by atoms with van der Waals surface area (Å²) in [5.41, 5.74) is 3.98. The molecular formula is C18H22N2O2. The van der Waals surface area contributed by atoms with Crippen molar-refractivity contribution < 1.29 is 9.53 Å². The highest BCUT2D eigenvalue weighted by Gasteiger charge is 2.06. The Kier molecular flexibility index (Phi) is 5.42. The van der Waals surface area contributed by atoms with Crippen molar-refractivity contribution in [3.8, 4) is 5.75 Å². The van der Waals surface area contributed by atoms with E-state index < -0.39 is 0 Å². The third-order valence-corrected chi connectivity index (χ3v) is 3.44. The van der Waals surface area contributed by atoms with Crippen molar-refractivity contribution in [3.05, 3.63) is 53.6 Å². The number of benzene rings is 2. The van der Waals surface area contributed by atoms with Crippen molar-refractivity contribution in [1.29, 1.82) is 0 Å². The zero-order chi connectivity index (χ0) is 15.9. The summed E-state index contributed by atoms with van der Waals surface area (Å²) in [5.74, 6) is 0.776. The van der Waals surface area contributed by atoms with Crippen molar-refractivity contribution in [2.75, 3.05) is 24.3 Å². The van der Waals surface area contributed by atoms with E-state index in [0.717, 1.165) is 28.3 Å². The second kappa shape index (κ2) is 7.50. The summed E-state index contributed by atoms with van der Waals surface area (Å²) in [6.07, 6.45) is 0.394. The molecule has 0 heterocycles. The highest BCUT2D eigenvalue weighted by molar-refractivity contribution is 5.91. The normalized spacial score (nSPS) is 10.1. The Balaban J connectivity index is 1.87. The molecule has 0 aliphatic rings. The third-order valence-electron chi connectivity index (χ3n) is 3.44. The Hall–Kier alpha value is -2.49. The lowest BCUT2D eigenvalue weighted by molar-refractivity contribution is -0.115. The minimum Gasteiger partial charge on any atom is -0.495 e. The van der Waals surface area contributed by atoms with Gasteiger partial charge in [0.1, 0.15) is 5.75 Å². The van der Waals surface area contributed by atoms with Gasteiger partial charge in [-0.05, 0) is 43.2 Å². The van der Waals surface area contributed by atoms with Gasteiger partial charge >= 0.3 is 0 Å². The van der Waals surface area contributed by atoms with E-state index in [1.807, 2.05) is 56.3 Å². The summed E-state index contributed by atoms with van der Waals surface area (Å²) in [6.45, 7) is 4.55. The Morgan fingerprint density at radius 1 is 1.09 bits per heavy atom. The van der Waals surface area contributed by atoms with Gasteiger partial charge in [0, 0.05) is 18.7 Å². The maximum absolute atomic E-state index is 12.0. The first-order valence-corrected chi connectivity index (χ1v) is 7.34. The van der Waals surface area contributed by atoms with E-state index in [-0.39, 0.29) is 5.91 Å². The van der Waals surface area contributed by atoms with Crippen molar-refractivity contribution in [1.82, 2.24) is 0 Å². The molecule has 0 atom stereocenters. The molecular weight excluding hydrogens is 276 g/mol. The van der Waals surface area contributed by atoms with Crippen LogP contribution in [0.2, 0.25) is 0 Å². The number of anilines is 2. The summed E-state index contributed by atoms with van der Waals surface area (Å²) in [7, 11) is 1.64. The van der Waals surface area contributed by atoms with E-state index in [4.69, 9.17) is 4.74 Å². The number of para-hydroxylation sites is 1. The van der Waals surface area contributed by atoms with Gasteiger partial charge in [0.05, 0.1) is 12.8 Å². The van der Waals surface area contributed by atoms with Crippen LogP contribution < -0.4 is 15.4 Å². The standard InChI is InChI=1S/C18H22N2O2/c1-13-8-9-17(22-3)16(12-13)19-11-10-18(21)20-15-7-5-4-6-14(15)2/h4-9,12,19H,10-11H2,1-3H3,(H,20,21). The molecule has 0 unspecified atom stereocenters. The van der Waals surface area contributed by atoms with Crippen LogP contribution >= 0.6 is 0 Å². The largest absolute Gasteiger partial charge is 0.495 e. The number of aryl methyl sites for hydroxylation is 2. The van der Waals surface area contributed by atoms with Gasteiger partial charge in [-0.15, -0.1) is 0 Å². The molecule has 0 aromatic heterocycles. The molecule has 2 aromatic rings. The maximum atomic E-state index is 12.0. The molecule has 2 rings (SSSR count). The average Bonchev–Trinajstić information content (AvgIpc) is 2.50. The molecule has 0 fully saturated rings. The van der Waals surface area contributed by atoms with Crippen LogP contribution in [0.1, 0.15) is 17.5 Å². The van der Waals surface area contributed by atoms with Gasteiger partial charge in [-0.3, -0.25) is 4.79 Å². The number of carbonyl (C=O) groups is 1. The minimum atomic E-state index is -0.00609. The van der Waals surface area contributed by atoms with Crippen molar-refractivity contribution >= 4 is 17.3 Å². The number of ether oxygens (including phenoxy) is 1. The topological polar surface area (TPSA) is 50.4 Å². The smallest absolute Gasteiger partial charge is 0.226 e. The van der Waals surface area contributed by atoms with E-state index in [1.54, 1.807) is 7.11 Å². The van der Waals surface area contributed by atoms with Crippen LogP contribution in [0, 0.1) is 13.8 Å². The fourth-order valence-corrected chi connectivity index (χ4v) is 2.20. The third kappa shape index (κ3) is 4.25. The van der Waals surface area contributed by atoms with Crippen LogP contribution in [-0.4, -0.2) is 19.6 Å². The van der Waals surface area contributed by atoms with Gasteiger partial charge in [-0.25, -0.2) is 0 Å². The van der Waals surface area contributed by atoms with Crippen LogP contribution in [0.5, 0.6) is 5.75 Å². The molecule has 4 heteroatoms. The molecule has 0 aliphatic heterocycles. The Bertz CT molecular complexity index is 653. The monoisotopic (exact) mass is 298 g/mol. The van der Waals surface area contributed by atoms with Crippen LogP contribution in [0.3, 0.4) is 0 Å². The van der Waals surface area contributed by atoms with Crippen molar-refractivity contribution in [2.24, 2.45) is 0 Å². The summed E-state index contributed by atoms with van der Waals surface area (Å²) in [6, 6.07) is 13.7. The molecule has 0 saturated heterocycles. The lowest BCUT2D eigenvalue weighted by Gasteiger charge is -2.12. The summed E-state index contributed by atoms with van der Waals surface area (Å²) >= 11 is 0. The Morgan fingerprint density at radius 3 is 2.59 bits per heavy atom. The molecule has 4 nitrogen and oxygen atoms in total. The van der Waals surface area contributed by atoms with E-state index in [1.165, 1.54) is 0 Å². The van der Waals surface area contributed by atoms with E-state index >= 15 is 0 Å². The molecule has 116 valence electrons. The minimum absolute atomic E-state index is 0.00609. The quantitative estimate of drug-likeness (QED) is 0.854. The van der Waals surface area contributed by atoms with Crippen LogP contribution in [0.15, 0.2) is 42.5 Å². The van der Waals surface area contributed by atoms with Gasteiger partial charge in [-0.2, -0.15) is 0 Å². The molecule has 1 amide bonds. The lowest BCUT2D eigenvalue weighted by Crippen LogP contribution is -2.17. The molecule has 0 radical (unpaired) electrons. The van der Waals surface area contributed by atoms with Gasteiger partial charge in [0.25, 0.3) is 0 Å². The number of nitrogens with one attached hydrogen (secondary N) is 2. The zero-order valence-electron chi connectivity index (χ0n) is 13.3. The first-order valence-electron chi connectivity index (χ1n) is 7.34. The van der Waals surface area contributed by atoms with Gasteiger partial charge < -0.3 is 15.4 Å². The first-order chi connectivity index (χ1) is 10.6. The van der Waals surface area contributed by atoms with E-state index in [0.29, 0.717) is 13.0 Å². The second-order valence-corrected chi connectivity index (χ2v) is 5.24. The molecule has 0 saturated carbocycles.